The van der Waals surface area contributed by atoms with Gasteiger partial charge in [0.1, 0.15) is 0 Å². The van der Waals surface area contributed by atoms with E-state index in [1.807, 2.05) is 42.5 Å². The summed E-state index contributed by atoms with van der Waals surface area (Å²) in [4.78, 5) is 11.9. The summed E-state index contributed by atoms with van der Waals surface area (Å²) in [5.41, 5.74) is 0.758. The summed E-state index contributed by atoms with van der Waals surface area (Å²) >= 11 is 0. The van der Waals surface area contributed by atoms with Gasteiger partial charge < -0.3 is 5.32 Å². The molecule has 0 spiro atoms. The molecule has 0 aliphatic carbocycles. The summed E-state index contributed by atoms with van der Waals surface area (Å²) in [7, 11) is 0. The van der Waals surface area contributed by atoms with Crippen LogP contribution in [0, 0.1) is 5.92 Å². The van der Waals surface area contributed by atoms with E-state index in [0.29, 0.717) is 0 Å². The second-order valence-corrected chi connectivity index (χ2v) is 3.14. The second kappa shape index (κ2) is 3.92. The molecule has 1 aliphatic heterocycles. The average molecular weight is 185 g/mol. The number of carbonyl (C=O) groups is 1. The summed E-state index contributed by atoms with van der Waals surface area (Å²) in [6.07, 6.45) is 7.28. The van der Waals surface area contributed by atoms with E-state index in [1.54, 1.807) is 12.4 Å². The van der Waals surface area contributed by atoms with Crippen molar-refractivity contribution in [2.24, 2.45) is 5.92 Å². The smallest absolute Gasteiger partial charge is 0.173 e. The summed E-state index contributed by atoms with van der Waals surface area (Å²) in [5.74, 6) is 0.0123. The summed E-state index contributed by atoms with van der Waals surface area (Å²) in [6, 6.07) is 9.34. The minimum Gasteiger partial charge on any atom is -0.368 e. The normalized spacial score (nSPS) is 15.1. The van der Waals surface area contributed by atoms with Gasteiger partial charge in [0.2, 0.25) is 0 Å². The fourth-order valence-corrected chi connectivity index (χ4v) is 1.41. The molecule has 0 atom stereocenters. The summed E-state index contributed by atoms with van der Waals surface area (Å²) < 4.78 is 0. The van der Waals surface area contributed by atoms with Gasteiger partial charge in [-0.15, -0.1) is 0 Å². The number of carbonyl (C=O) groups excluding carboxylic acids is 1. The predicted octanol–water partition coefficient (Wildman–Crippen LogP) is 2.12. The number of hydrogen-bond acceptors (Lipinski definition) is 2. The van der Waals surface area contributed by atoms with E-state index in [4.69, 9.17) is 0 Å². The van der Waals surface area contributed by atoms with Crippen molar-refractivity contribution in [1.82, 2.24) is 5.32 Å². The minimum atomic E-state index is -0.126. The van der Waals surface area contributed by atoms with Crippen LogP contribution in [0.15, 0.2) is 54.9 Å². The van der Waals surface area contributed by atoms with Gasteiger partial charge in [-0.25, -0.2) is 0 Å². The van der Waals surface area contributed by atoms with Crippen molar-refractivity contribution in [3.63, 3.8) is 0 Å². The van der Waals surface area contributed by atoms with Crippen LogP contribution >= 0.6 is 0 Å². The van der Waals surface area contributed by atoms with E-state index >= 15 is 0 Å². The quantitative estimate of drug-likeness (QED) is 0.715. The molecule has 0 amide bonds. The van der Waals surface area contributed by atoms with Crippen LogP contribution in [0.4, 0.5) is 0 Å². The molecule has 0 saturated heterocycles. The van der Waals surface area contributed by atoms with Crippen LogP contribution in [0.2, 0.25) is 0 Å². The van der Waals surface area contributed by atoms with Crippen LogP contribution in [-0.2, 0) is 0 Å². The molecule has 0 aromatic heterocycles. The lowest BCUT2D eigenvalue weighted by molar-refractivity contribution is 0.0964. The summed E-state index contributed by atoms with van der Waals surface area (Å²) in [6.45, 7) is 0. The Balaban J connectivity index is 2.20. The minimum absolute atomic E-state index is 0.126. The van der Waals surface area contributed by atoms with E-state index in [9.17, 15) is 4.79 Å². The predicted molar refractivity (Wildman–Crippen MR) is 55.7 cm³/mol. The Morgan fingerprint density at radius 2 is 1.71 bits per heavy atom. The second-order valence-electron chi connectivity index (χ2n) is 3.14. The zero-order chi connectivity index (χ0) is 9.80. The van der Waals surface area contributed by atoms with Crippen molar-refractivity contribution in [2.45, 2.75) is 0 Å². The molecule has 14 heavy (non-hydrogen) atoms. The third-order valence-electron chi connectivity index (χ3n) is 2.16. The monoisotopic (exact) mass is 185 g/mol. The molecule has 1 N–H and O–H groups in total. The molecule has 0 radical (unpaired) electrons. The molecule has 1 aliphatic rings. The van der Waals surface area contributed by atoms with Crippen LogP contribution in [0.3, 0.4) is 0 Å². The van der Waals surface area contributed by atoms with Gasteiger partial charge in [0.15, 0.2) is 5.78 Å². The number of hydrogen-bond donors (Lipinski definition) is 1. The van der Waals surface area contributed by atoms with Gasteiger partial charge in [0, 0.05) is 5.56 Å². The molecule has 2 rings (SSSR count). The number of nitrogens with one attached hydrogen (secondary N) is 1. The Kier molecular flexibility index (Phi) is 2.45. The number of ketones is 1. The van der Waals surface area contributed by atoms with Crippen molar-refractivity contribution in [3.05, 3.63) is 60.4 Å². The van der Waals surface area contributed by atoms with Crippen LogP contribution in [0.5, 0.6) is 0 Å². The highest BCUT2D eigenvalue weighted by Gasteiger charge is 2.14. The molecule has 2 nitrogen and oxygen atoms in total. The molecule has 0 unspecified atom stereocenters. The highest BCUT2D eigenvalue weighted by atomic mass is 16.1. The Bertz CT molecular complexity index is 367. The number of benzene rings is 1. The lowest BCUT2D eigenvalue weighted by atomic mass is 9.97. The number of Topliss-reactive ketones (excluding diaryl/α,β-unsaturated/α-hetero) is 1. The van der Waals surface area contributed by atoms with Crippen LogP contribution < -0.4 is 5.32 Å². The van der Waals surface area contributed by atoms with Gasteiger partial charge in [0.25, 0.3) is 0 Å². The lowest BCUT2D eigenvalue weighted by Gasteiger charge is -2.10. The molecule has 70 valence electrons. The standard InChI is InChI=1S/C12H11NO/c14-12(10-4-2-1-3-5-10)11-6-8-13-9-7-11/h1-9,11,13H. The maximum atomic E-state index is 11.9. The zero-order valence-electron chi connectivity index (χ0n) is 7.68. The Morgan fingerprint density at radius 1 is 1.07 bits per heavy atom. The van der Waals surface area contributed by atoms with Gasteiger partial charge in [-0.05, 0) is 12.4 Å². The third kappa shape index (κ3) is 1.74. The van der Waals surface area contributed by atoms with Crippen molar-refractivity contribution < 1.29 is 4.79 Å². The third-order valence-corrected chi connectivity index (χ3v) is 2.16. The highest BCUT2D eigenvalue weighted by molar-refractivity contribution is 6.00. The zero-order valence-corrected chi connectivity index (χ0v) is 7.68. The number of rotatable bonds is 2. The van der Waals surface area contributed by atoms with Crippen LogP contribution in [-0.4, -0.2) is 5.78 Å². The fourth-order valence-electron chi connectivity index (χ4n) is 1.41. The first-order chi connectivity index (χ1) is 6.88. The maximum absolute atomic E-state index is 11.9. The van der Waals surface area contributed by atoms with Crippen molar-refractivity contribution in [1.29, 1.82) is 0 Å². The van der Waals surface area contributed by atoms with Gasteiger partial charge in [0.05, 0.1) is 5.92 Å². The Labute approximate surface area is 82.9 Å². The highest BCUT2D eigenvalue weighted by Crippen LogP contribution is 2.12. The van der Waals surface area contributed by atoms with Gasteiger partial charge in [-0.2, -0.15) is 0 Å². The molecular formula is C12H11NO. The first-order valence-electron chi connectivity index (χ1n) is 4.56. The van der Waals surface area contributed by atoms with Crippen molar-refractivity contribution in [3.8, 4) is 0 Å². The number of dihydropyridines is 1. The lowest BCUT2D eigenvalue weighted by Crippen LogP contribution is -2.14. The van der Waals surface area contributed by atoms with E-state index in [0.717, 1.165) is 5.56 Å². The average Bonchev–Trinajstić information content (AvgIpc) is 2.30. The molecule has 1 heterocycles. The molecule has 1 aromatic rings. The van der Waals surface area contributed by atoms with Crippen LogP contribution in [0.1, 0.15) is 10.4 Å². The summed E-state index contributed by atoms with van der Waals surface area (Å²) in [5, 5.41) is 2.91. The first-order valence-corrected chi connectivity index (χ1v) is 4.56. The van der Waals surface area contributed by atoms with E-state index in [2.05, 4.69) is 5.32 Å². The van der Waals surface area contributed by atoms with E-state index in [1.165, 1.54) is 0 Å². The topological polar surface area (TPSA) is 29.1 Å². The van der Waals surface area contributed by atoms with Crippen LogP contribution in [0.25, 0.3) is 0 Å². The molecule has 0 fully saturated rings. The maximum Gasteiger partial charge on any atom is 0.173 e. The fraction of sp³-hybridized carbons (Fsp3) is 0.0833. The molecule has 1 aromatic carbocycles. The molecule has 0 bridgehead atoms. The first kappa shape index (κ1) is 8.75. The largest absolute Gasteiger partial charge is 0.368 e. The van der Waals surface area contributed by atoms with Gasteiger partial charge in [-0.3, -0.25) is 4.79 Å². The SMILES string of the molecule is O=C(c1ccccc1)C1C=CNC=C1. The van der Waals surface area contributed by atoms with Gasteiger partial charge in [-0.1, -0.05) is 42.5 Å². The van der Waals surface area contributed by atoms with E-state index in [-0.39, 0.29) is 11.7 Å². The Hall–Kier alpha value is -1.83. The molecule has 2 heteroatoms. The number of allylic oxidation sites excluding steroid dienone is 2. The van der Waals surface area contributed by atoms with Gasteiger partial charge >= 0.3 is 0 Å². The van der Waals surface area contributed by atoms with Crippen molar-refractivity contribution in [2.75, 3.05) is 0 Å². The molecular weight excluding hydrogens is 174 g/mol. The van der Waals surface area contributed by atoms with E-state index < -0.39 is 0 Å². The van der Waals surface area contributed by atoms with Crippen molar-refractivity contribution >= 4 is 5.78 Å². The molecule has 0 saturated carbocycles. The Morgan fingerprint density at radius 3 is 2.36 bits per heavy atom.